The van der Waals surface area contributed by atoms with E-state index < -0.39 is 10.0 Å². The Bertz CT molecular complexity index is 354. The molecule has 0 aliphatic carbocycles. The number of hydrogen-bond donors (Lipinski definition) is 0. The molecule has 2 rings (SSSR count). The molecule has 2 unspecified atom stereocenters. The van der Waals surface area contributed by atoms with Gasteiger partial charge < -0.3 is 4.74 Å². The molecule has 0 amide bonds. The van der Waals surface area contributed by atoms with Crippen LogP contribution in [-0.2, 0) is 14.8 Å². The van der Waals surface area contributed by atoms with Gasteiger partial charge in [-0.3, -0.25) is 0 Å². The Kier molecular flexibility index (Phi) is 3.29. The first-order valence-electron chi connectivity index (χ1n) is 6.05. The van der Waals surface area contributed by atoms with Gasteiger partial charge in [-0.15, -0.1) is 0 Å². The van der Waals surface area contributed by atoms with Gasteiger partial charge in [0.1, 0.15) is 0 Å². The van der Waals surface area contributed by atoms with Gasteiger partial charge in [-0.25, -0.2) is 8.42 Å². The summed E-state index contributed by atoms with van der Waals surface area (Å²) >= 11 is 0. The van der Waals surface area contributed by atoms with Crippen LogP contribution >= 0.6 is 0 Å². The fraction of sp³-hybridized carbons (Fsp3) is 1.00. The van der Waals surface area contributed by atoms with Crippen LogP contribution in [0.15, 0.2) is 0 Å². The topological polar surface area (TPSA) is 46.6 Å². The van der Waals surface area contributed by atoms with Crippen LogP contribution in [0.25, 0.3) is 0 Å². The zero-order chi connectivity index (χ0) is 11.9. The number of sulfonamides is 1. The fourth-order valence-electron chi connectivity index (χ4n) is 2.60. The van der Waals surface area contributed by atoms with Crippen molar-refractivity contribution in [3.05, 3.63) is 0 Å². The molecule has 0 aromatic rings. The molecule has 4 atom stereocenters. The van der Waals surface area contributed by atoms with Gasteiger partial charge >= 0.3 is 0 Å². The second-order valence-corrected chi connectivity index (χ2v) is 7.21. The Morgan fingerprint density at radius 2 is 1.94 bits per heavy atom. The summed E-state index contributed by atoms with van der Waals surface area (Å²) in [6.45, 7) is 7.60. The number of rotatable bonds is 2. The highest BCUT2D eigenvalue weighted by molar-refractivity contribution is 7.89. The lowest BCUT2D eigenvalue weighted by Gasteiger charge is -2.22. The normalized spacial score (nSPS) is 43.9. The quantitative estimate of drug-likeness (QED) is 0.733. The maximum absolute atomic E-state index is 11.7. The first kappa shape index (κ1) is 12.3. The monoisotopic (exact) mass is 247 g/mol. The molecule has 94 valence electrons. The molecule has 0 aromatic carbocycles. The summed E-state index contributed by atoms with van der Waals surface area (Å²) in [5.41, 5.74) is 0. The molecule has 2 saturated heterocycles. The van der Waals surface area contributed by atoms with Crippen molar-refractivity contribution < 1.29 is 13.2 Å². The van der Waals surface area contributed by atoms with Crippen molar-refractivity contribution in [3.63, 3.8) is 0 Å². The lowest BCUT2D eigenvalue weighted by molar-refractivity contribution is 0.0318. The Labute approximate surface area is 98.0 Å². The van der Waals surface area contributed by atoms with E-state index in [0.29, 0.717) is 30.7 Å². The molecule has 16 heavy (non-hydrogen) atoms. The number of nitrogens with zero attached hydrogens (tertiary/aromatic N) is 1. The van der Waals surface area contributed by atoms with E-state index in [0.717, 1.165) is 6.42 Å². The smallest absolute Gasteiger partial charge is 0.214 e. The third-order valence-corrected chi connectivity index (χ3v) is 6.06. The molecular weight excluding hydrogens is 226 g/mol. The standard InChI is InChI=1S/C11H21NO3S/c1-8-9(2)11(15-10(8)3)7-12-5-4-6-16(12,13)14/h8-11H,4-7H2,1-3H3/t8?,9?,10-,11+/m0/s1. The SMILES string of the molecule is CC1C(C)[C@@H](CN2CCCS2(=O)=O)O[C@H]1C. The van der Waals surface area contributed by atoms with E-state index in [1.807, 2.05) is 0 Å². The van der Waals surface area contributed by atoms with Crippen molar-refractivity contribution >= 4 is 10.0 Å². The van der Waals surface area contributed by atoms with Crippen LogP contribution in [-0.4, -0.2) is 43.8 Å². The molecule has 2 aliphatic rings. The summed E-state index contributed by atoms with van der Waals surface area (Å²) in [5, 5.41) is 0. The van der Waals surface area contributed by atoms with E-state index in [2.05, 4.69) is 20.8 Å². The van der Waals surface area contributed by atoms with Crippen molar-refractivity contribution in [3.8, 4) is 0 Å². The van der Waals surface area contributed by atoms with Gasteiger partial charge in [-0.2, -0.15) is 4.31 Å². The van der Waals surface area contributed by atoms with E-state index in [1.54, 1.807) is 4.31 Å². The van der Waals surface area contributed by atoms with Gasteiger partial charge in [0.05, 0.1) is 18.0 Å². The summed E-state index contributed by atoms with van der Waals surface area (Å²) in [7, 11) is -2.98. The molecular formula is C11H21NO3S. The van der Waals surface area contributed by atoms with Gasteiger partial charge in [0, 0.05) is 13.1 Å². The van der Waals surface area contributed by atoms with Gasteiger partial charge in [0.25, 0.3) is 0 Å². The summed E-state index contributed by atoms with van der Waals surface area (Å²) < 4.78 is 30.8. The van der Waals surface area contributed by atoms with Gasteiger partial charge in [-0.05, 0) is 25.2 Å². The Balaban J connectivity index is 2.01. The van der Waals surface area contributed by atoms with Crippen molar-refractivity contribution in [2.45, 2.75) is 39.4 Å². The minimum Gasteiger partial charge on any atom is -0.373 e. The molecule has 0 N–H and O–H groups in total. The van der Waals surface area contributed by atoms with Gasteiger partial charge in [0.15, 0.2) is 0 Å². The number of hydrogen-bond acceptors (Lipinski definition) is 3. The Morgan fingerprint density at radius 3 is 2.38 bits per heavy atom. The van der Waals surface area contributed by atoms with Crippen LogP contribution in [0.1, 0.15) is 27.2 Å². The third-order valence-electron chi connectivity index (χ3n) is 4.13. The van der Waals surface area contributed by atoms with E-state index >= 15 is 0 Å². The zero-order valence-corrected chi connectivity index (χ0v) is 11.0. The summed E-state index contributed by atoms with van der Waals surface area (Å²) in [4.78, 5) is 0. The molecule has 0 radical (unpaired) electrons. The minimum absolute atomic E-state index is 0.0675. The first-order valence-corrected chi connectivity index (χ1v) is 7.66. The first-order chi connectivity index (χ1) is 7.42. The molecule has 2 fully saturated rings. The van der Waals surface area contributed by atoms with Crippen molar-refractivity contribution in [2.24, 2.45) is 11.8 Å². The van der Waals surface area contributed by atoms with Crippen LogP contribution in [0.4, 0.5) is 0 Å². The van der Waals surface area contributed by atoms with Crippen LogP contribution in [0.3, 0.4) is 0 Å². The molecule has 0 bridgehead atoms. The molecule has 5 heteroatoms. The second kappa shape index (κ2) is 4.27. The molecule has 0 saturated carbocycles. The summed E-state index contributed by atoms with van der Waals surface area (Å²) in [5.74, 6) is 1.25. The lowest BCUT2D eigenvalue weighted by atomic mass is 9.91. The Morgan fingerprint density at radius 1 is 1.25 bits per heavy atom. The van der Waals surface area contributed by atoms with Crippen LogP contribution in [0.5, 0.6) is 0 Å². The van der Waals surface area contributed by atoms with Crippen molar-refractivity contribution in [2.75, 3.05) is 18.8 Å². The van der Waals surface area contributed by atoms with E-state index in [-0.39, 0.29) is 12.2 Å². The second-order valence-electron chi connectivity index (χ2n) is 5.13. The average Bonchev–Trinajstić information content (AvgIpc) is 2.64. The predicted octanol–water partition coefficient (Wildman–Crippen LogP) is 1.08. The van der Waals surface area contributed by atoms with Gasteiger partial charge in [0.2, 0.25) is 10.0 Å². The maximum Gasteiger partial charge on any atom is 0.214 e. The van der Waals surface area contributed by atoms with E-state index in [1.165, 1.54) is 0 Å². The largest absolute Gasteiger partial charge is 0.373 e. The van der Waals surface area contributed by atoms with Crippen molar-refractivity contribution in [1.82, 2.24) is 4.31 Å². The van der Waals surface area contributed by atoms with Crippen LogP contribution in [0.2, 0.25) is 0 Å². The van der Waals surface area contributed by atoms with Crippen LogP contribution in [0, 0.1) is 11.8 Å². The maximum atomic E-state index is 11.7. The molecule has 0 aromatic heterocycles. The number of ether oxygens (including phenoxy) is 1. The third kappa shape index (κ3) is 2.13. The average molecular weight is 247 g/mol. The molecule has 2 heterocycles. The van der Waals surface area contributed by atoms with E-state index in [9.17, 15) is 8.42 Å². The molecule has 0 spiro atoms. The Hall–Kier alpha value is -0.130. The summed E-state index contributed by atoms with van der Waals surface area (Å²) in [6, 6.07) is 0. The summed E-state index contributed by atoms with van der Waals surface area (Å²) in [6.07, 6.45) is 1.07. The highest BCUT2D eigenvalue weighted by Crippen LogP contribution is 2.33. The highest BCUT2D eigenvalue weighted by atomic mass is 32.2. The van der Waals surface area contributed by atoms with Gasteiger partial charge in [-0.1, -0.05) is 13.8 Å². The zero-order valence-electron chi connectivity index (χ0n) is 10.2. The molecule has 2 aliphatic heterocycles. The fourth-order valence-corrected chi connectivity index (χ4v) is 4.13. The van der Waals surface area contributed by atoms with Crippen molar-refractivity contribution in [1.29, 1.82) is 0 Å². The highest BCUT2D eigenvalue weighted by Gasteiger charge is 2.40. The minimum atomic E-state index is -2.98. The van der Waals surface area contributed by atoms with E-state index in [4.69, 9.17) is 4.74 Å². The lowest BCUT2D eigenvalue weighted by Crippen LogP contribution is -2.36. The molecule has 4 nitrogen and oxygen atoms in total. The van der Waals surface area contributed by atoms with Crippen LogP contribution < -0.4 is 0 Å². The predicted molar refractivity (Wildman–Crippen MR) is 62.6 cm³/mol.